The van der Waals surface area contributed by atoms with Crippen LogP contribution in [0.4, 0.5) is 11.6 Å². The smallest absolute Gasteiger partial charge is 0.167 e. The van der Waals surface area contributed by atoms with E-state index in [1.165, 1.54) is 6.33 Å². The molecule has 0 aromatic carbocycles. The van der Waals surface area contributed by atoms with Crippen LogP contribution >= 0.6 is 0 Å². The van der Waals surface area contributed by atoms with E-state index < -0.39 is 23.2 Å². The van der Waals surface area contributed by atoms with Crippen LogP contribution in [0.5, 0.6) is 0 Å². The number of fused-ring (bicyclic) bond motifs is 2. The Hall–Kier alpha value is -5.00. The van der Waals surface area contributed by atoms with Gasteiger partial charge in [-0.25, -0.2) is 39.9 Å². The van der Waals surface area contributed by atoms with Crippen LogP contribution in [0.1, 0.15) is 87.0 Å². The van der Waals surface area contributed by atoms with Crippen LogP contribution in [0.3, 0.4) is 0 Å². The average molecular weight is 769 g/mol. The van der Waals surface area contributed by atoms with Crippen LogP contribution in [0, 0.1) is 5.92 Å². The summed E-state index contributed by atoms with van der Waals surface area (Å²) in [5, 5.41) is 17.3. The molecule has 8 rings (SSSR count). The number of ether oxygens (including phenoxy) is 2. The van der Waals surface area contributed by atoms with E-state index in [0.717, 1.165) is 75.3 Å². The van der Waals surface area contributed by atoms with Crippen molar-refractivity contribution >= 4 is 34.0 Å². The summed E-state index contributed by atoms with van der Waals surface area (Å²) in [6.45, 7) is 18.1. The number of nitrogens with zero attached hydrogens (tertiary/aromatic N) is 12. The van der Waals surface area contributed by atoms with Crippen LogP contribution in [-0.4, -0.2) is 93.6 Å². The van der Waals surface area contributed by atoms with E-state index in [9.17, 15) is 5.11 Å². The van der Waals surface area contributed by atoms with Crippen molar-refractivity contribution in [2.75, 3.05) is 23.7 Å². The third-order valence-electron chi connectivity index (χ3n) is 11.9. The van der Waals surface area contributed by atoms with Gasteiger partial charge in [-0.15, -0.1) is 0 Å². The zero-order valence-corrected chi connectivity index (χ0v) is 33.6. The number of aliphatic hydroxyl groups excluding tert-OH is 1. The molecule has 0 spiro atoms. The highest BCUT2D eigenvalue weighted by molar-refractivity contribution is 5.83. The summed E-state index contributed by atoms with van der Waals surface area (Å²) >= 11 is 0. The molecule has 0 bridgehead atoms. The Morgan fingerprint density at radius 1 is 0.679 bits per heavy atom. The minimum absolute atomic E-state index is 0.132. The third-order valence-corrected chi connectivity index (χ3v) is 11.9. The van der Waals surface area contributed by atoms with Gasteiger partial charge in [0.05, 0.1) is 42.6 Å². The fourth-order valence-corrected chi connectivity index (χ4v) is 8.03. The van der Waals surface area contributed by atoms with Gasteiger partial charge in [-0.05, 0) is 59.3 Å². The predicted molar refractivity (Wildman–Crippen MR) is 213 cm³/mol. The molecule has 17 heteroatoms. The second-order valence-corrected chi connectivity index (χ2v) is 15.9. The van der Waals surface area contributed by atoms with Gasteiger partial charge in [-0.2, -0.15) is 0 Å². The van der Waals surface area contributed by atoms with Crippen LogP contribution in [-0.2, 0) is 34.0 Å². The van der Waals surface area contributed by atoms with Crippen molar-refractivity contribution in [3.05, 3.63) is 62.8 Å². The predicted octanol–water partition coefficient (Wildman–Crippen LogP) is 5.57. The Kier molecular flexibility index (Phi) is 11.1. The third kappa shape index (κ3) is 7.71. The first-order valence-corrected chi connectivity index (χ1v) is 19.7. The van der Waals surface area contributed by atoms with Gasteiger partial charge in [0.25, 0.3) is 0 Å². The van der Waals surface area contributed by atoms with E-state index >= 15 is 0 Å². The fraction of sp³-hybridized carbons (Fsp3) is 0.590. The quantitative estimate of drug-likeness (QED) is 0.117. The van der Waals surface area contributed by atoms with Crippen LogP contribution in [0.2, 0.25) is 0 Å². The van der Waals surface area contributed by atoms with E-state index in [-0.39, 0.29) is 5.60 Å². The van der Waals surface area contributed by atoms with Gasteiger partial charge in [-0.1, -0.05) is 20.8 Å². The van der Waals surface area contributed by atoms with Crippen LogP contribution in [0.25, 0.3) is 22.3 Å². The average Bonchev–Trinajstić information content (AvgIpc) is 4.04. The molecule has 2 fully saturated rings. The van der Waals surface area contributed by atoms with Crippen molar-refractivity contribution in [3.63, 3.8) is 0 Å². The first-order chi connectivity index (χ1) is 26.9. The zero-order valence-electron chi connectivity index (χ0n) is 33.6. The molecule has 300 valence electrons. The number of aliphatic hydroxyl groups is 1. The molecule has 0 amide bonds. The minimum Gasteiger partial charge on any atom is -0.390 e. The number of aromatic nitrogens is 12. The first kappa shape index (κ1) is 39.2. The molecule has 2 saturated heterocycles. The Bertz CT molecular complexity index is 2030. The van der Waals surface area contributed by atoms with E-state index in [0.29, 0.717) is 29.3 Å². The van der Waals surface area contributed by atoms with Crippen LogP contribution < -0.4 is 10.6 Å². The molecule has 2 aliphatic heterocycles. The highest BCUT2D eigenvalue weighted by Gasteiger charge is 2.51. The van der Waals surface area contributed by atoms with Crippen molar-refractivity contribution in [1.29, 1.82) is 0 Å². The molecular weight excluding hydrogens is 713 g/mol. The Labute approximate surface area is 327 Å². The van der Waals surface area contributed by atoms with Gasteiger partial charge >= 0.3 is 0 Å². The minimum atomic E-state index is -0.702. The van der Waals surface area contributed by atoms with E-state index in [2.05, 4.69) is 87.3 Å². The number of rotatable bonds is 14. The lowest BCUT2D eigenvalue weighted by molar-refractivity contribution is -0.143. The number of aryl methyl sites for hydroxylation is 2. The maximum Gasteiger partial charge on any atom is 0.167 e. The summed E-state index contributed by atoms with van der Waals surface area (Å²) in [5.41, 5.74) is 1.13. The molecule has 6 atom stereocenters. The lowest BCUT2D eigenvalue weighted by Gasteiger charge is -2.31. The van der Waals surface area contributed by atoms with Gasteiger partial charge in [0.2, 0.25) is 0 Å². The van der Waals surface area contributed by atoms with Crippen molar-refractivity contribution in [1.82, 2.24) is 58.1 Å². The molecule has 0 radical (unpaired) electrons. The monoisotopic (exact) mass is 768 g/mol. The molecule has 0 saturated carbocycles. The second-order valence-electron chi connectivity index (χ2n) is 15.9. The molecule has 6 aromatic rings. The molecule has 6 unspecified atom stereocenters. The Morgan fingerprint density at radius 2 is 1.16 bits per heavy atom. The molecule has 3 N–H and O–H groups in total. The molecule has 8 heterocycles. The summed E-state index contributed by atoms with van der Waals surface area (Å²) in [6, 6.07) is 0. The molecule has 56 heavy (non-hydrogen) atoms. The number of nitrogens with one attached hydrogen (secondary N) is 2. The summed E-state index contributed by atoms with van der Waals surface area (Å²) in [7, 11) is 0. The fourth-order valence-electron chi connectivity index (χ4n) is 8.03. The Balaban J connectivity index is 0.000000172. The molecule has 6 aromatic heterocycles. The maximum absolute atomic E-state index is 10.5. The SMILES string of the molecule is CCC1(C)OC(C)(n2cnc3c(NCCCn4ccnc4)ncnc32)CC1C.CCC1(C)OC(C)(n2cnc3c(NCCCn4ccnc4)ncnc32)CC1O. The lowest BCUT2D eigenvalue weighted by Crippen LogP contribution is -2.36. The van der Waals surface area contributed by atoms with Crippen molar-refractivity contribution in [2.24, 2.45) is 5.92 Å². The number of imidazole rings is 4. The van der Waals surface area contributed by atoms with Gasteiger partial charge in [0, 0.05) is 63.8 Å². The van der Waals surface area contributed by atoms with Crippen molar-refractivity contribution in [3.8, 4) is 0 Å². The first-order valence-electron chi connectivity index (χ1n) is 19.7. The van der Waals surface area contributed by atoms with Crippen LogP contribution in [0.15, 0.2) is 62.8 Å². The van der Waals surface area contributed by atoms with E-state index in [1.807, 2.05) is 61.3 Å². The highest BCUT2D eigenvalue weighted by Crippen LogP contribution is 2.47. The summed E-state index contributed by atoms with van der Waals surface area (Å²) < 4.78 is 21.0. The standard InChI is InChI=1S/C20H29N7O.C19H27N7O2/c1-5-19(3)15(2)11-20(4,28-19)27-14-25-16-17(23-12-24-18(16)27)22-7-6-9-26-10-8-21-13-26;1-4-18(2)14(27)10-19(3,28-18)26-13-24-15-16(22-11-23-17(15)26)21-6-5-8-25-9-7-20-12-25/h8,10,12-15H,5-7,9,11H2,1-4H3,(H,22,23,24);7,9,11-14,27H,4-6,8,10H2,1-3H3,(H,21,22,23). The number of anilines is 2. The number of hydrogen-bond acceptors (Lipinski definition) is 13. The summed E-state index contributed by atoms with van der Waals surface area (Å²) in [5.74, 6) is 1.93. The van der Waals surface area contributed by atoms with Gasteiger partial charge in [-0.3, -0.25) is 9.13 Å². The normalized spacial score (nSPS) is 27.5. The number of hydrogen-bond donors (Lipinski definition) is 3. The van der Waals surface area contributed by atoms with Gasteiger partial charge < -0.3 is 34.3 Å². The second kappa shape index (κ2) is 15.9. The molecule has 17 nitrogen and oxygen atoms in total. The Morgan fingerprint density at radius 3 is 1.59 bits per heavy atom. The topological polar surface area (TPSA) is 186 Å². The summed E-state index contributed by atoms with van der Waals surface area (Å²) in [4.78, 5) is 35.0. The van der Waals surface area contributed by atoms with Crippen molar-refractivity contribution in [2.45, 2.75) is 129 Å². The van der Waals surface area contributed by atoms with E-state index in [1.54, 1.807) is 25.0 Å². The molecule has 2 aliphatic rings. The largest absolute Gasteiger partial charge is 0.390 e. The van der Waals surface area contributed by atoms with Gasteiger partial charge in [0.15, 0.2) is 34.0 Å². The van der Waals surface area contributed by atoms with E-state index in [4.69, 9.17) is 9.47 Å². The summed E-state index contributed by atoms with van der Waals surface area (Å²) in [6.07, 6.45) is 22.3. The maximum atomic E-state index is 10.5. The highest BCUT2D eigenvalue weighted by atomic mass is 16.6. The molecular formula is C39H56N14O3. The van der Waals surface area contributed by atoms with Gasteiger partial charge in [0.1, 0.15) is 24.1 Å². The lowest BCUT2D eigenvalue weighted by atomic mass is 9.87. The van der Waals surface area contributed by atoms with Crippen molar-refractivity contribution < 1.29 is 14.6 Å². The zero-order chi connectivity index (χ0) is 39.6. The molecule has 0 aliphatic carbocycles.